The number of rotatable bonds is 6. The minimum absolute atomic E-state index is 0.0167. The van der Waals surface area contributed by atoms with Gasteiger partial charge in [-0.1, -0.05) is 18.2 Å². The molecule has 0 aliphatic carbocycles. The molecule has 0 unspecified atom stereocenters. The summed E-state index contributed by atoms with van der Waals surface area (Å²) in [6, 6.07) is 9.96. The molecule has 3 heterocycles. The second-order valence-corrected chi connectivity index (χ2v) is 5.81. The Morgan fingerprint density at radius 2 is 2.25 bits per heavy atom. The Labute approximate surface area is 139 Å². The number of hydrogen-bond acceptors (Lipinski definition) is 4. The van der Waals surface area contributed by atoms with Crippen LogP contribution in [0.5, 0.6) is 0 Å². The molecule has 4 rings (SSSR count). The van der Waals surface area contributed by atoms with Gasteiger partial charge in [0, 0.05) is 43.7 Å². The summed E-state index contributed by atoms with van der Waals surface area (Å²) in [5.74, 6) is 0.782. The van der Waals surface area contributed by atoms with Crippen LogP contribution in [0.4, 0.5) is 4.79 Å². The number of nitrogens with one attached hydrogen (secondary N) is 3. The summed E-state index contributed by atoms with van der Waals surface area (Å²) in [6.45, 7) is 3.60. The lowest BCUT2D eigenvalue weighted by molar-refractivity contribution is 0.217. The largest absolute Gasteiger partial charge is 0.454 e. The molecule has 0 atom stereocenters. The van der Waals surface area contributed by atoms with Crippen LogP contribution < -0.4 is 10.6 Å². The molecule has 0 bridgehead atoms. The van der Waals surface area contributed by atoms with Crippen molar-refractivity contribution in [1.29, 1.82) is 0 Å². The molecule has 1 fully saturated rings. The maximum absolute atomic E-state index is 11.5. The quantitative estimate of drug-likeness (QED) is 0.605. The molecule has 24 heavy (non-hydrogen) atoms. The zero-order valence-electron chi connectivity index (χ0n) is 13.2. The minimum atomic E-state index is 0.0167. The smallest absolute Gasteiger partial charge is 0.317 e. The molecule has 2 amide bonds. The van der Waals surface area contributed by atoms with Crippen molar-refractivity contribution < 1.29 is 9.21 Å². The van der Waals surface area contributed by atoms with E-state index in [1.54, 1.807) is 6.20 Å². The summed E-state index contributed by atoms with van der Waals surface area (Å²) >= 11 is 0. The normalized spacial score (nSPS) is 14.5. The van der Waals surface area contributed by atoms with Gasteiger partial charge >= 0.3 is 6.03 Å². The van der Waals surface area contributed by atoms with Crippen molar-refractivity contribution in [3.63, 3.8) is 0 Å². The number of aromatic nitrogens is 2. The number of para-hydroxylation sites is 1. The number of carbonyl (C=O) groups excluding carboxylic acids is 1. The van der Waals surface area contributed by atoms with Crippen molar-refractivity contribution in [3.8, 4) is 11.5 Å². The van der Waals surface area contributed by atoms with Crippen molar-refractivity contribution in [2.75, 3.05) is 26.2 Å². The van der Waals surface area contributed by atoms with Gasteiger partial charge in [0.2, 0.25) is 0 Å². The number of aromatic amines is 1. The van der Waals surface area contributed by atoms with E-state index in [1.165, 1.54) is 0 Å². The molecule has 1 aliphatic rings. The van der Waals surface area contributed by atoms with Crippen molar-refractivity contribution >= 4 is 17.0 Å². The van der Waals surface area contributed by atoms with Gasteiger partial charge in [-0.2, -0.15) is 5.10 Å². The summed E-state index contributed by atoms with van der Waals surface area (Å²) in [7, 11) is 0. The molecule has 1 aliphatic heterocycles. The standard InChI is InChI=1S/C17H19N5O2/c23-17-19-6-8-22(17)7-5-18-10-13-11-20-21-16(13)15-9-12-3-1-2-4-14(12)24-15/h1-4,9,11,18H,5-8,10H2,(H,19,23)(H,20,21). The first-order chi connectivity index (χ1) is 11.8. The summed E-state index contributed by atoms with van der Waals surface area (Å²) in [6.07, 6.45) is 1.80. The number of benzene rings is 1. The van der Waals surface area contributed by atoms with Gasteiger partial charge in [0.05, 0.1) is 6.20 Å². The van der Waals surface area contributed by atoms with Crippen LogP contribution in [-0.2, 0) is 6.54 Å². The number of nitrogens with zero attached hydrogens (tertiary/aromatic N) is 2. The third-order valence-corrected chi connectivity index (χ3v) is 4.21. The number of amides is 2. The monoisotopic (exact) mass is 325 g/mol. The zero-order valence-corrected chi connectivity index (χ0v) is 13.2. The average molecular weight is 325 g/mol. The van der Waals surface area contributed by atoms with Crippen LogP contribution in [-0.4, -0.2) is 47.3 Å². The number of carbonyl (C=O) groups is 1. The summed E-state index contributed by atoms with van der Waals surface area (Å²) in [5, 5.41) is 14.4. The van der Waals surface area contributed by atoms with Crippen molar-refractivity contribution in [2.45, 2.75) is 6.54 Å². The summed E-state index contributed by atoms with van der Waals surface area (Å²) in [4.78, 5) is 13.3. The third-order valence-electron chi connectivity index (χ3n) is 4.21. The molecule has 3 N–H and O–H groups in total. The van der Waals surface area contributed by atoms with Crippen LogP contribution in [0, 0.1) is 0 Å². The first-order valence-corrected chi connectivity index (χ1v) is 8.06. The highest BCUT2D eigenvalue weighted by molar-refractivity contribution is 5.82. The predicted octanol–water partition coefficient (Wildman–Crippen LogP) is 1.94. The van der Waals surface area contributed by atoms with E-state index in [-0.39, 0.29) is 6.03 Å². The van der Waals surface area contributed by atoms with Gasteiger partial charge in [0.15, 0.2) is 5.76 Å². The number of H-pyrrole nitrogens is 1. The lowest BCUT2D eigenvalue weighted by atomic mass is 10.2. The molecule has 124 valence electrons. The Kier molecular flexibility index (Phi) is 3.92. The van der Waals surface area contributed by atoms with Gasteiger partial charge < -0.3 is 20.0 Å². The molecule has 1 aromatic carbocycles. The second kappa shape index (κ2) is 6.37. The maximum atomic E-state index is 11.5. The Hall–Kier alpha value is -2.80. The van der Waals surface area contributed by atoms with Gasteiger partial charge in [0.25, 0.3) is 0 Å². The number of furan rings is 1. The predicted molar refractivity (Wildman–Crippen MR) is 90.5 cm³/mol. The van der Waals surface area contributed by atoms with Crippen LogP contribution in [0.2, 0.25) is 0 Å². The first kappa shape index (κ1) is 14.8. The van der Waals surface area contributed by atoms with Gasteiger partial charge in [-0.3, -0.25) is 5.10 Å². The zero-order chi connectivity index (χ0) is 16.4. The third kappa shape index (κ3) is 2.85. The number of urea groups is 1. The van der Waals surface area contributed by atoms with E-state index in [0.29, 0.717) is 13.1 Å². The number of hydrogen-bond donors (Lipinski definition) is 3. The van der Waals surface area contributed by atoms with Crippen molar-refractivity contribution in [3.05, 3.63) is 42.1 Å². The summed E-state index contributed by atoms with van der Waals surface area (Å²) in [5.41, 5.74) is 2.79. The fourth-order valence-electron chi connectivity index (χ4n) is 2.93. The Morgan fingerprint density at radius 3 is 3.08 bits per heavy atom. The SMILES string of the molecule is O=C1NCCN1CCNCc1cn[nH]c1-c1cc2ccccc2o1. The molecule has 3 aromatic rings. The molecule has 1 saturated heterocycles. The van der Waals surface area contributed by atoms with E-state index in [9.17, 15) is 4.79 Å². The lowest BCUT2D eigenvalue weighted by Gasteiger charge is -2.14. The van der Waals surface area contributed by atoms with Crippen molar-refractivity contribution in [2.24, 2.45) is 0 Å². The van der Waals surface area contributed by atoms with Crippen LogP contribution in [0.25, 0.3) is 22.4 Å². The number of fused-ring (bicyclic) bond motifs is 1. The molecule has 2 aromatic heterocycles. The highest BCUT2D eigenvalue weighted by atomic mass is 16.3. The molecular formula is C17H19N5O2. The average Bonchev–Trinajstić information content (AvgIpc) is 3.30. The fraction of sp³-hybridized carbons (Fsp3) is 0.294. The van der Waals surface area contributed by atoms with E-state index in [1.807, 2.05) is 35.2 Å². The van der Waals surface area contributed by atoms with Crippen LogP contribution in [0.1, 0.15) is 5.56 Å². The molecule has 7 nitrogen and oxygen atoms in total. The first-order valence-electron chi connectivity index (χ1n) is 8.06. The van der Waals surface area contributed by atoms with Gasteiger partial charge in [0.1, 0.15) is 11.3 Å². The van der Waals surface area contributed by atoms with Gasteiger partial charge in [-0.05, 0) is 12.1 Å². The molecule has 0 radical (unpaired) electrons. The fourth-order valence-corrected chi connectivity index (χ4v) is 2.93. The molecular weight excluding hydrogens is 306 g/mol. The van der Waals surface area contributed by atoms with E-state index in [2.05, 4.69) is 20.8 Å². The second-order valence-electron chi connectivity index (χ2n) is 5.81. The van der Waals surface area contributed by atoms with Gasteiger partial charge in [-0.25, -0.2) is 4.79 Å². The van der Waals surface area contributed by atoms with Crippen molar-refractivity contribution in [1.82, 2.24) is 25.7 Å². The highest BCUT2D eigenvalue weighted by Crippen LogP contribution is 2.28. The van der Waals surface area contributed by atoms with Crippen LogP contribution >= 0.6 is 0 Å². The Morgan fingerprint density at radius 1 is 1.33 bits per heavy atom. The molecule has 0 saturated carbocycles. The maximum Gasteiger partial charge on any atom is 0.317 e. The lowest BCUT2D eigenvalue weighted by Crippen LogP contribution is -2.34. The molecule has 7 heteroatoms. The highest BCUT2D eigenvalue weighted by Gasteiger charge is 2.18. The van der Waals surface area contributed by atoms with Crippen LogP contribution in [0.3, 0.4) is 0 Å². The summed E-state index contributed by atoms with van der Waals surface area (Å²) < 4.78 is 5.89. The van der Waals surface area contributed by atoms with E-state index in [0.717, 1.165) is 47.6 Å². The van der Waals surface area contributed by atoms with E-state index >= 15 is 0 Å². The minimum Gasteiger partial charge on any atom is -0.454 e. The van der Waals surface area contributed by atoms with E-state index < -0.39 is 0 Å². The molecule has 0 spiro atoms. The topological polar surface area (TPSA) is 86.2 Å². The van der Waals surface area contributed by atoms with E-state index in [4.69, 9.17) is 4.42 Å². The Balaban J connectivity index is 1.40. The van der Waals surface area contributed by atoms with Crippen LogP contribution in [0.15, 0.2) is 40.9 Å². The van der Waals surface area contributed by atoms with Gasteiger partial charge in [-0.15, -0.1) is 0 Å². The Bertz CT molecular complexity index is 820.